The molecule has 5 nitrogen and oxygen atoms in total. The van der Waals surface area contributed by atoms with Crippen molar-refractivity contribution in [3.8, 4) is 0 Å². The first-order chi connectivity index (χ1) is 7.56. The number of allylic oxidation sites excluding steroid dienone is 2. The number of rotatable bonds is 4. The number of hydrogen-bond donors (Lipinski definition) is 1. The van der Waals surface area contributed by atoms with Crippen LogP contribution in [-0.4, -0.2) is 22.0 Å². The highest BCUT2D eigenvalue weighted by Crippen LogP contribution is 2.20. The van der Waals surface area contributed by atoms with Crippen LogP contribution in [0, 0.1) is 0 Å². The molecule has 16 heavy (non-hydrogen) atoms. The summed E-state index contributed by atoms with van der Waals surface area (Å²) in [7, 11) is 0. The van der Waals surface area contributed by atoms with E-state index in [9.17, 15) is 9.59 Å². The van der Waals surface area contributed by atoms with E-state index in [1.165, 1.54) is 12.2 Å². The van der Waals surface area contributed by atoms with Gasteiger partial charge in [-0.05, 0) is 6.08 Å². The SMILES string of the molecule is Nc1nc(Cl)c(Cl)nc1C(=O)C/C=C/C=O. The van der Waals surface area contributed by atoms with Gasteiger partial charge in [0, 0.05) is 6.42 Å². The first-order valence-electron chi connectivity index (χ1n) is 4.18. The molecule has 84 valence electrons. The molecule has 0 radical (unpaired) electrons. The molecule has 0 bridgehead atoms. The minimum atomic E-state index is -0.387. The van der Waals surface area contributed by atoms with Gasteiger partial charge >= 0.3 is 0 Å². The average Bonchev–Trinajstić information content (AvgIpc) is 2.23. The van der Waals surface area contributed by atoms with Crippen LogP contribution in [0.25, 0.3) is 0 Å². The maximum absolute atomic E-state index is 11.6. The lowest BCUT2D eigenvalue weighted by molar-refractivity contribution is -0.104. The highest BCUT2D eigenvalue weighted by molar-refractivity contribution is 6.40. The number of halogens is 2. The highest BCUT2D eigenvalue weighted by Gasteiger charge is 2.14. The number of anilines is 1. The van der Waals surface area contributed by atoms with Crippen LogP contribution in [0.5, 0.6) is 0 Å². The number of aldehydes is 1. The van der Waals surface area contributed by atoms with Crippen molar-refractivity contribution in [1.29, 1.82) is 0 Å². The molecule has 0 saturated heterocycles. The van der Waals surface area contributed by atoms with Crippen molar-refractivity contribution in [2.75, 3.05) is 5.73 Å². The average molecular weight is 260 g/mol. The van der Waals surface area contributed by atoms with Crippen LogP contribution in [0.3, 0.4) is 0 Å². The number of nitrogens with zero attached hydrogens (tertiary/aromatic N) is 2. The number of aromatic nitrogens is 2. The molecule has 0 aliphatic heterocycles. The zero-order valence-electron chi connectivity index (χ0n) is 7.98. The molecule has 1 rings (SSSR count). The summed E-state index contributed by atoms with van der Waals surface area (Å²) < 4.78 is 0. The van der Waals surface area contributed by atoms with Crippen LogP contribution in [-0.2, 0) is 4.79 Å². The fraction of sp³-hybridized carbons (Fsp3) is 0.111. The number of ketones is 1. The molecule has 1 aromatic rings. The maximum atomic E-state index is 11.6. The van der Waals surface area contributed by atoms with Gasteiger partial charge in [-0.3, -0.25) is 9.59 Å². The molecule has 0 fully saturated rings. The summed E-state index contributed by atoms with van der Waals surface area (Å²) in [6.07, 6.45) is 3.16. The Morgan fingerprint density at radius 3 is 2.56 bits per heavy atom. The Morgan fingerprint density at radius 1 is 1.31 bits per heavy atom. The zero-order valence-corrected chi connectivity index (χ0v) is 9.50. The molecule has 0 spiro atoms. The Bertz CT molecular complexity index is 460. The molecule has 0 unspecified atom stereocenters. The van der Waals surface area contributed by atoms with E-state index in [1.807, 2.05) is 0 Å². The van der Waals surface area contributed by atoms with Crippen molar-refractivity contribution in [3.05, 3.63) is 28.2 Å². The molecule has 0 atom stereocenters. The van der Waals surface area contributed by atoms with Crippen molar-refractivity contribution in [3.63, 3.8) is 0 Å². The lowest BCUT2D eigenvalue weighted by Crippen LogP contribution is -2.08. The third-order valence-electron chi connectivity index (χ3n) is 1.62. The number of nitrogen functional groups attached to an aromatic ring is 1. The van der Waals surface area contributed by atoms with Crippen LogP contribution in [0.4, 0.5) is 5.82 Å². The minimum Gasteiger partial charge on any atom is -0.382 e. The zero-order chi connectivity index (χ0) is 12.1. The summed E-state index contributed by atoms with van der Waals surface area (Å²) in [6.45, 7) is 0. The van der Waals surface area contributed by atoms with E-state index in [1.54, 1.807) is 0 Å². The van der Waals surface area contributed by atoms with E-state index in [-0.39, 0.29) is 34.0 Å². The molecule has 1 heterocycles. The number of hydrogen-bond acceptors (Lipinski definition) is 5. The molecule has 0 aromatic carbocycles. The molecule has 0 saturated carbocycles. The van der Waals surface area contributed by atoms with Gasteiger partial charge in [0.05, 0.1) is 0 Å². The third-order valence-corrected chi connectivity index (χ3v) is 2.25. The van der Waals surface area contributed by atoms with Gasteiger partial charge in [0.1, 0.15) is 6.29 Å². The first-order valence-corrected chi connectivity index (χ1v) is 4.94. The number of carbonyl (C=O) groups is 2. The van der Waals surface area contributed by atoms with Crippen molar-refractivity contribution < 1.29 is 9.59 Å². The van der Waals surface area contributed by atoms with Gasteiger partial charge in [-0.1, -0.05) is 29.3 Å². The molecular formula is C9H7Cl2N3O2. The second kappa shape index (κ2) is 5.58. The van der Waals surface area contributed by atoms with Crippen LogP contribution in [0.15, 0.2) is 12.2 Å². The van der Waals surface area contributed by atoms with Crippen molar-refractivity contribution in [2.45, 2.75) is 6.42 Å². The largest absolute Gasteiger partial charge is 0.382 e. The number of Topliss-reactive ketones (excluding diaryl/α,β-unsaturated/α-hetero) is 1. The van der Waals surface area contributed by atoms with Crippen LogP contribution >= 0.6 is 23.2 Å². The molecule has 0 aliphatic rings. The Morgan fingerprint density at radius 2 is 1.94 bits per heavy atom. The van der Waals surface area contributed by atoms with Gasteiger partial charge in [-0.2, -0.15) is 0 Å². The summed E-state index contributed by atoms with van der Waals surface area (Å²) in [5.41, 5.74) is 5.41. The summed E-state index contributed by atoms with van der Waals surface area (Å²) in [5.74, 6) is -0.472. The number of carbonyl (C=O) groups excluding carboxylic acids is 2. The molecule has 1 aromatic heterocycles. The topological polar surface area (TPSA) is 85.9 Å². The van der Waals surface area contributed by atoms with Crippen molar-refractivity contribution >= 4 is 41.1 Å². The van der Waals surface area contributed by atoms with Gasteiger partial charge in [0.2, 0.25) is 0 Å². The second-order valence-corrected chi connectivity index (χ2v) is 3.45. The third kappa shape index (κ3) is 3.01. The maximum Gasteiger partial charge on any atom is 0.188 e. The molecule has 0 amide bonds. The van der Waals surface area contributed by atoms with E-state index in [0.717, 1.165) is 0 Å². The fourth-order valence-corrected chi connectivity index (χ4v) is 1.20. The minimum absolute atomic E-state index is 0.00438. The van der Waals surface area contributed by atoms with Crippen molar-refractivity contribution in [1.82, 2.24) is 9.97 Å². The Hall–Kier alpha value is -1.46. The van der Waals surface area contributed by atoms with E-state index >= 15 is 0 Å². The first kappa shape index (κ1) is 12.6. The smallest absolute Gasteiger partial charge is 0.188 e. The van der Waals surface area contributed by atoms with E-state index in [0.29, 0.717) is 6.29 Å². The lowest BCUT2D eigenvalue weighted by atomic mass is 10.2. The van der Waals surface area contributed by atoms with E-state index in [4.69, 9.17) is 28.9 Å². The Labute approximate surface area is 101 Å². The van der Waals surface area contributed by atoms with E-state index in [2.05, 4.69) is 9.97 Å². The van der Waals surface area contributed by atoms with Crippen LogP contribution < -0.4 is 5.73 Å². The molecular weight excluding hydrogens is 253 g/mol. The lowest BCUT2D eigenvalue weighted by Gasteiger charge is -2.02. The van der Waals surface area contributed by atoms with Crippen LogP contribution in [0.2, 0.25) is 10.3 Å². The molecule has 0 aliphatic carbocycles. The summed E-state index contributed by atoms with van der Waals surface area (Å²) >= 11 is 11.2. The van der Waals surface area contributed by atoms with Gasteiger partial charge in [0.15, 0.2) is 27.6 Å². The normalized spacial score (nSPS) is 10.6. The predicted octanol–water partition coefficient (Wildman–Crippen LogP) is 1.69. The van der Waals surface area contributed by atoms with Crippen LogP contribution in [0.1, 0.15) is 16.9 Å². The van der Waals surface area contributed by atoms with Gasteiger partial charge in [-0.25, -0.2) is 9.97 Å². The highest BCUT2D eigenvalue weighted by atomic mass is 35.5. The second-order valence-electron chi connectivity index (χ2n) is 2.73. The molecule has 2 N–H and O–H groups in total. The number of nitrogens with two attached hydrogens (primary N) is 1. The van der Waals surface area contributed by atoms with Gasteiger partial charge in [0.25, 0.3) is 0 Å². The monoisotopic (exact) mass is 259 g/mol. The van der Waals surface area contributed by atoms with Gasteiger partial charge in [-0.15, -0.1) is 0 Å². The standard InChI is InChI=1S/C9H7Cl2N3O2/c10-7-8(11)14-9(12)6(13-7)5(16)3-1-2-4-15/h1-2,4H,3H2,(H2,12,14)/b2-1+. The summed E-state index contributed by atoms with van der Waals surface area (Å²) in [6, 6.07) is 0. The quantitative estimate of drug-likeness (QED) is 0.505. The molecule has 7 heteroatoms. The summed E-state index contributed by atoms with van der Waals surface area (Å²) in [5, 5.41) is -0.141. The van der Waals surface area contributed by atoms with Gasteiger partial charge < -0.3 is 5.73 Å². The Balaban J connectivity index is 2.95. The Kier molecular flexibility index (Phi) is 4.39. The van der Waals surface area contributed by atoms with E-state index < -0.39 is 0 Å². The summed E-state index contributed by atoms with van der Waals surface area (Å²) in [4.78, 5) is 28.9. The fourth-order valence-electron chi connectivity index (χ4n) is 0.939. The predicted molar refractivity (Wildman–Crippen MR) is 60.6 cm³/mol. The van der Waals surface area contributed by atoms with Crippen molar-refractivity contribution in [2.24, 2.45) is 0 Å².